The van der Waals surface area contributed by atoms with Gasteiger partial charge in [0.15, 0.2) is 6.23 Å². The predicted molar refractivity (Wildman–Crippen MR) is 143 cm³/mol. The average molecular weight is 523 g/mol. The van der Waals surface area contributed by atoms with E-state index in [0.717, 1.165) is 10.4 Å². The smallest absolute Gasteiger partial charge is 0.330 e. The third-order valence-corrected chi connectivity index (χ3v) is 12.8. The first-order valence-electron chi connectivity index (χ1n) is 12.6. The fourth-order valence-corrected chi connectivity index (χ4v) is 10.4. The van der Waals surface area contributed by atoms with E-state index in [1.165, 1.54) is 10.8 Å². The van der Waals surface area contributed by atoms with Crippen molar-refractivity contribution in [2.75, 3.05) is 6.61 Å². The van der Waals surface area contributed by atoms with Crippen LogP contribution in [0.1, 0.15) is 39.5 Å². The largest absolute Gasteiger partial charge is 0.404 e. The summed E-state index contributed by atoms with van der Waals surface area (Å²) >= 11 is 0. The van der Waals surface area contributed by atoms with Crippen LogP contribution in [0.3, 0.4) is 0 Å². The van der Waals surface area contributed by atoms with E-state index in [0.29, 0.717) is 5.56 Å². The quantitative estimate of drug-likeness (QED) is 0.479. The van der Waals surface area contributed by atoms with Gasteiger partial charge in [-0.15, -0.1) is 0 Å². The molecule has 5 rings (SSSR count). The molecule has 196 valence electrons. The molecule has 0 aliphatic carbocycles. The number of hydrogen-bond acceptors (Lipinski definition) is 6. The highest BCUT2D eigenvalue weighted by molar-refractivity contribution is 6.99. The predicted octanol–water partition coefficient (Wildman–Crippen LogP) is 1.84. The van der Waals surface area contributed by atoms with Crippen molar-refractivity contribution in [3.05, 3.63) is 93.3 Å². The summed E-state index contributed by atoms with van der Waals surface area (Å²) < 4.78 is 21.0. The maximum absolute atomic E-state index is 12.6. The number of H-pyrrole nitrogens is 1. The Hall–Kier alpha value is -2.82. The molecule has 8 nitrogen and oxygen atoms in total. The Balaban J connectivity index is 1.57. The molecule has 3 heterocycles. The Morgan fingerprint density at radius 1 is 1.05 bits per heavy atom. The topological polar surface area (TPSA) is 103 Å². The molecule has 0 saturated carbocycles. The van der Waals surface area contributed by atoms with Crippen molar-refractivity contribution in [3.63, 3.8) is 0 Å². The zero-order valence-electron chi connectivity index (χ0n) is 21.8. The number of ether oxygens (including phenoxy) is 2. The molecule has 5 atom stereocenters. The van der Waals surface area contributed by atoms with Crippen LogP contribution < -0.4 is 21.6 Å². The molecule has 2 aromatic carbocycles. The van der Waals surface area contributed by atoms with Crippen LogP contribution in [0.4, 0.5) is 0 Å². The van der Waals surface area contributed by atoms with Crippen LogP contribution in [-0.4, -0.2) is 53.5 Å². The molecule has 0 unspecified atom stereocenters. The van der Waals surface area contributed by atoms with Gasteiger partial charge in [-0.25, -0.2) is 4.79 Å². The minimum atomic E-state index is -2.91. The van der Waals surface area contributed by atoms with Gasteiger partial charge in [-0.3, -0.25) is 14.3 Å². The lowest BCUT2D eigenvalue weighted by Crippen LogP contribution is -2.68. The summed E-state index contributed by atoms with van der Waals surface area (Å²) in [6.07, 6.45) is -1.71. The molecule has 0 spiro atoms. The van der Waals surface area contributed by atoms with E-state index in [2.05, 4.69) is 50.0 Å². The standard InChI is InChI=1S/C28H34N2O6Si/c1-18-16-30(26(33)29-24(18)32)25-22-23(31)28(36-25,19(2)35-22)17-34-37(27(3,4)5,20-12-8-6-9-13-20)21-14-10-7-11-15-21/h6-16,19,22-23,25,31H,17H2,1-5H3,(H,29,32,33)/t19-,22-,23+,25-,28+/m1/s1. The van der Waals surface area contributed by atoms with Crippen LogP contribution in [-0.2, 0) is 13.9 Å². The van der Waals surface area contributed by atoms with E-state index >= 15 is 0 Å². The minimum Gasteiger partial charge on any atom is -0.404 e. The summed E-state index contributed by atoms with van der Waals surface area (Å²) in [5.41, 5.74) is -1.89. The molecule has 2 saturated heterocycles. The lowest BCUT2D eigenvalue weighted by molar-refractivity contribution is -0.216. The van der Waals surface area contributed by atoms with E-state index in [1.54, 1.807) is 6.92 Å². The lowest BCUT2D eigenvalue weighted by Gasteiger charge is -2.45. The van der Waals surface area contributed by atoms with Crippen LogP contribution in [0.2, 0.25) is 5.04 Å². The molecule has 9 heteroatoms. The van der Waals surface area contributed by atoms with Gasteiger partial charge in [0.05, 0.1) is 12.7 Å². The van der Waals surface area contributed by atoms with Crippen LogP contribution >= 0.6 is 0 Å². The van der Waals surface area contributed by atoms with Crippen LogP contribution in [0.25, 0.3) is 0 Å². The SMILES string of the molecule is Cc1cn([C@@H]2O[C@@]3(CO[Si](c4ccccc4)(c4ccccc4)C(C)(C)C)[C@@H](C)O[C@@H]2[C@@H]3O)c(=O)[nH]c1=O. The van der Waals surface area contributed by atoms with E-state index in [1.807, 2.05) is 43.3 Å². The van der Waals surface area contributed by atoms with Crippen molar-refractivity contribution in [1.29, 1.82) is 0 Å². The summed E-state index contributed by atoms with van der Waals surface area (Å²) in [6.45, 7) is 10.1. The normalized spacial score (nSPS) is 27.5. The fraction of sp³-hybridized carbons (Fsp3) is 0.429. The number of aromatic nitrogens is 2. The monoisotopic (exact) mass is 522 g/mol. The third kappa shape index (κ3) is 3.97. The highest BCUT2D eigenvalue weighted by atomic mass is 28.4. The molecular weight excluding hydrogens is 488 g/mol. The Labute approximate surface area is 217 Å². The third-order valence-electron chi connectivity index (χ3n) is 7.83. The molecule has 2 N–H and O–H groups in total. The Morgan fingerprint density at radius 2 is 1.62 bits per heavy atom. The van der Waals surface area contributed by atoms with Gasteiger partial charge in [-0.2, -0.15) is 0 Å². The second kappa shape index (κ2) is 9.18. The van der Waals surface area contributed by atoms with E-state index < -0.39 is 49.7 Å². The summed E-state index contributed by atoms with van der Waals surface area (Å²) in [5.74, 6) is 0. The number of benzene rings is 2. The molecule has 1 aromatic heterocycles. The van der Waals surface area contributed by atoms with Crippen LogP contribution in [0.5, 0.6) is 0 Å². The maximum atomic E-state index is 12.6. The van der Waals surface area contributed by atoms with E-state index in [9.17, 15) is 14.7 Å². The number of aliphatic hydroxyl groups is 1. The first-order valence-corrected chi connectivity index (χ1v) is 14.5. The van der Waals surface area contributed by atoms with Gasteiger partial charge in [0, 0.05) is 11.8 Å². The Morgan fingerprint density at radius 3 is 2.16 bits per heavy atom. The number of nitrogens with one attached hydrogen (secondary N) is 1. The highest BCUT2D eigenvalue weighted by Crippen LogP contribution is 2.49. The number of rotatable bonds is 6. The minimum absolute atomic E-state index is 0.0761. The first-order chi connectivity index (χ1) is 17.5. The zero-order valence-corrected chi connectivity index (χ0v) is 22.8. The summed E-state index contributed by atoms with van der Waals surface area (Å²) in [7, 11) is -2.91. The molecule has 2 aliphatic rings. The number of hydrogen-bond donors (Lipinski definition) is 2. The van der Waals surface area contributed by atoms with Crippen molar-refractivity contribution < 1.29 is 19.0 Å². The Bertz CT molecular complexity index is 1340. The van der Waals surface area contributed by atoms with Gasteiger partial charge in [-0.1, -0.05) is 81.4 Å². The molecule has 0 radical (unpaired) electrons. The van der Waals surface area contributed by atoms with Gasteiger partial charge < -0.3 is 19.0 Å². The Kier molecular flexibility index (Phi) is 6.40. The number of aryl methyl sites for hydroxylation is 1. The van der Waals surface area contributed by atoms with Crippen molar-refractivity contribution >= 4 is 18.7 Å². The highest BCUT2D eigenvalue weighted by Gasteiger charge is 2.67. The summed E-state index contributed by atoms with van der Waals surface area (Å²) in [4.78, 5) is 26.9. The van der Waals surface area contributed by atoms with E-state index in [4.69, 9.17) is 13.9 Å². The van der Waals surface area contributed by atoms with Crippen molar-refractivity contribution in [2.24, 2.45) is 0 Å². The number of aromatic amines is 1. The molecule has 0 amide bonds. The van der Waals surface area contributed by atoms with Crippen molar-refractivity contribution in [3.8, 4) is 0 Å². The second-order valence-corrected chi connectivity index (χ2v) is 15.4. The number of fused-ring (bicyclic) bond motifs is 2. The number of nitrogens with zero attached hydrogens (tertiary/aromatic N) is 1. The van der Waals surface area contributed by atoms with Gasteiger partial charge in [-0.05, 0) is 29.3 Å². The summed E-state index contributed by atoms with van der Waals surface area (Å²) in [5, 5.41) is 13.4. The van der Waals surface area contributed by atoms with Crippen molar-refractivity contribution in [1.82, 2.24) is 9.55 Å². The first kappa shape index (κ1) is 25.8. The van der Waals surface area contributed by atoms with Gasteiger partial charge >= 0.3 is 5.69 Å². The van der Waals surface area contributed by atoms with Crippen LogP contribution in [0.15, 0.2) is 76.4 Å². The fourth-order valence-electron chi connectivity index (χ4n) is 5.83. The van der Waals surface area contributed by atoms with Gasteiger partial charge in [0.2, 0.25) is 0 Å². The molecule has 2 bridgehead atoms. The van der Waals surface area contributed by atoms with Gasteiger partial charge in [0.1, 0.15) is 17.8 Å². The maximum Gasteiger partial charge on any atom is 0.330 e. The van der Waals surface area contributed by atoms with Crippen LogP contribution in [0, 0.1) is 6.92 Å². The van der Waals surface area contributed by atoms with Gasteiger partial charge in [0.25, 0.3) is 13.9 Å². The molecule has 2 aliphatic heterocycles. The molecule has 2 fully saturated rings. The molecule has 3 aromatic rings. The average Bonchev–Trinajstić information content (AvgIpc) is 3.27. The molecular formula is C28H34N2O6Si. The zero-order chi connectivity index (χ0) is 26.6. The summed E-state index contributed by atoms with van der Waals surface area (Å²) in [6, 6.07) is 20.5. The lowest BCUT2D eigenvalue weighted by atomic mass is 9.94. The van der Waals surface area contributed by atoms with Crippen molar-refractivity contribution in [2.45, 2.75) is 69.8 Å². The second-order valence-electron chi connectivity index (χ2n) is 11.1. The van der Waals surface area contributed by atoms with E-state index in [-0.39, 0.29) is 11.6 Å². The molecule has 37 heavy (non-hydrogen) atoms. The number of aliphatic hydroxyl groups excluding tert-OH is 1.